The van der Waals surface area contributed by atoms with Crippen molar-refractivity contribution < 1.29 is 14.3 Å². The van der Waals surface area contributed by atoms with E-state index >= 15 is 0 Å². The number of hydrogen-bond donors (Lipinski definition) is 1. The summed E-state index contributed by atoms with van der Waals surface area (Å²) in [4.78, 5) is 12.2. The Hall–Kier alpha value is -2.47. The first-order valence-corrected chi connectivity index (χ1v) is 9.62. The Labute approximate surface area is 167 Å². The predicted molar refractivity (Wildman–Crippen MR) is 111 cm³/mol. The Morgan fingerprint density at radius 1 is 1.07 bits per heavy atom. The van der Waals surface area contributed by atoms with Crippen molar-refractivity contribution in [2.45, 2.75) is 19.4 Å². The minimum absolute atomic E-state index is 0.0504. The minimum Gasteiger partial charge on any atom is -0.493 e. The van der Waals surface area contributed by atoms with E-state index in [1.165, 1.54) is 5.39 Å². The van der Waals surface area contributed by atoms with Gasteiger partial charge in [0, 0.05) is 41.1 Å². The number of methoxy groups -OCH3 is 2. The van der Waals surface area contributed by atoms with Gasteiger partial charge in [0.2, 0.25) is 5.91 Å². The number of nitrogens with zero attached hydrogens (tertiary/aromatic N) is 1. The van der Waals surface area contributed by atoms with E-state index in [2.05, 4.69) is 44.0 Å². The number of fused-ring (bicyclic) bond motifs is 1. The SMILES string of the molecule is COc1ccc(CCNC(=O)CCn2ccc3cc(Br)ccc32)cc1OC. The van der Waals surface area contributed by atoms with Crippen molar-refractivity contribution >= 4 is 32.7 Å². The molecular formula is C21H23BrN2O3. The summed E-state index contributed by atoms with van der Waals surface area (Å²) in [6, 6.07) is 14.0. The van der Waals surface area contributed by atoms with Crippen LogP contribution in [0.2, 0.25) is 0 Å². The molecule has 0 saturated carbocycles. The normalized spacial score (nSPS) is 10.8. The van der Waals surface area contributed by atoms with E-state index in [0.29, 0.717) is 31.0 Å². The standard InChI is InChI=1S/C21H23BrN2O3/c1-26-19-6-3-15(13-20(19)27-2)7-10-23-21(25)9-12-24-11-8-16-14-17(22)4-5-18(16)24/h3-6,8,11,13-14H,7,9-10,12H2,1-2H3,(H,23,25). The van der Waals surface area contributed by atoms with E-state index in [0.717, 1.165) is 22.0 Å². The average Bonchev–Trinajstić information content (AvgIpc) is 3.08. The fourth-order valence-corrected chi connectivity index (χ4v) is 3.44. The number of carbonyl (C=O) groups excluding carboxylic acids is 1. The Morgan fingerprint density at radius 2 is 1.89 bits per heavy atom. The molecule has 0 bridgehead atoms. The van der Waals surface area contributed by atoms with Crippen LogP contribution < -0.4 is 14.8 Å². The summed E-state index contributed by atoms with van der Waals surface area (Å²) in [6.07, 6.45) is 3.21. The van der Waals surface area contributed by atoms with E-state index in [9.17, 15) is 4.79 Å². The van der Waals surface area contributed by atoms with Gasteiger partial charge in [-0.05, 0) is 48.4 Å². The van der Waals surface area contributed by atoms with Gasteiger partial charge in [-0.3, -0.25) is 4.79 Å². The summed E-state index contributed by atoms with van der Waals surface area (Å²) < 4.78 is 13.7. The van der Waals surface area contributed by atoms with Crippen LogP contribution in [0.15, 0.2) is 53.1 Å². The molecule has 3 aromatic rings. The zero-order chi connectivity index (χ0) is 19.2. The van der Waals surface area contributed by atoms with Crippen LogP contribution in [0.3, 0.4) is 0 Å². The highest BCUT2D eigenvalue weighted by Crippen LogP contribution is 2.27. The van der Waals surface area contributed by atoms with Gasteiger partial charge < -0.3 is 19.4 Å². The van der Waals surface area contributed by atoms with Gasteiger partial charge in [-0.25, -0.2) is 0 Å². The van der Waals surface area contributed by atoms with Crippen molar-refractivity contribution in [3.05, 3.63) is 58.7 Å². The van der Waals surface area contributed by atoms with Crippen molar-refractivity contribution in [1.82, 2.24) is 9.88 Å². The number of rotatable bonds is 8. The van der Waals surface area contributed by atoms with Gasteiger partial charge in [0.25, 0.3) is 0 Å². The quantitative estimate of drug-likeness (QED) is 0.583. The number of carbonyl (C=O) groups is 1. The third kappa shape index (κ3) is 4.83. The topological polar surface area (TPSA) is 52.5 Å². The number of halogens is 1. The lowest BCUT2D eigenvalue weighted by Crippen LogP contribution is -2.26. The number of ether oxygens (including phenoxy) is 2. The molecule has 0 spiro atoms. The average molecular weight is 431 g/mol. The monoisotopic (exact) mass is 430 g/mol. The molecule has 0 fully saturated rings. The molecule has 0 unspecified atom stereocenters. The van der Waals surface area contributed by atoms with Crippen molar-refractivity contribution in [2.24, 2.45) is 0 Å². The van der Waals surface area contributed by atoms with Crippen LogP contribution in [0, 0.1) is 0 Å². The molecule has 3 rings (SSSR count). The number of benzene rings is 2. The summed E-state index contributed by atoms with van der Waals surface area (Å²) in [5.41, 5.74) is 2.23. The van der Waals surface area contributed by atoms with Crippen LogP contribution in [0.5, 0.6) is 11.5 Å². The number of aromatic nitrogens is 1. The van der Waals surface area contributed by atoms with E-state index in [4.69, 9.17) is 9.47 Å². The summed E-state index contributed by atoms with van der Waals surface area (Å²) >= 11 is 3.48. The van der Waals surface area contributed by atoms with Crippen molar-refractivity contribution in [3.8, 4) is 11.5 Å². The molecule has 0 aliphatic rings. The molecule has 142 valence electrons. The second kappa shape index (κ2) is 8.95. The Kier molecular flexibility index (Phi) is 6.40. The first-order chi connectivity index (χ1) is 13.1. The molecule has 0 atom stereocenters. The molecule has 1 amide bonds. The lowest BCUT2D eigenvalue weighted by molar-refractivity contribution is -0.121. The van der Waals surface area contributed by atoms with Gasteiger partial charge in [0.15, 0.2) is 11.5 Å². The summed E-state index contributed by atoms with van der Waals surface area (Å²) in [5, 5.41) is 4.15. The molecular weight excluding hydrogens is 408 g/mol. The lowest BCUT2D eigenvalue weighted by atomic mass is 10.1. The molecule has 1 N–H and O–H groups in total. The summed E-state index contributed by atoms with van der Waals surface area (Å²) in [5.74, 6) is 1.46. The molecule has 27 heavy (non-hydrogen) atoms. The van der Waals surface area contributed by atoms with Crippen molar-refractivity contribution in [2.75, 3.05) is 20.8 Å². The van der Waals surface area contributed by atoms with Crippen LogP contribution in [0.4, 0.5) is 0 Å². The van der Waals surface area contributed by atoms with E-state index in [-0.39, 0.29) is 5.91 Å². The highest BCUT2D eigenvalue weighted by Gasteiger charge is 2.07. The van der Waals surface area contributed by atoms with Gasteiger partial charge in [0.05, 0.1) is 14.2 Å². The Balaban J connectivity index is 1.48. The van der Waals surface area contributed by atoms with Crippen LogP contribution >= 0.6 is 15.9 Å². The highest BCUT2D eigenvalue weighted by atomic mass is 79.9. The molecule has 0 radical (unpaired) electrons. The lowest BCUT2D eigenvalue weighted by Gasteiger charge is -2.10. The van der Waals surface area contributed by atoms with E-state index < -0.39 is 0 Å². The van der Waals surface area contributed by atoms with Gasteiger partial charge in [-0.1, -0.05) is 22.0 Å². The second-order valence-corrected chi connectivity index (χ2v) is 7.17. The maximum absolute atomic E-state index is 12.2. The zero-order valence-corrected chi connectivity index (χ0v) is 17.1. The third-order valence-corrected chi connectivity index (χ3v) is 4.99. The molecule has 2 aromatic carbocycles. The number of amides is 1. The number of aryl methyl sites for hydroxylation is 1. The minimum atomic E-state index is 0.0504. The van der Waals surface area contributed by atoms with Crippen LogP contribution in [0.1, 0.15) is 12.0 Å². The van der Waals surface area contributed by atoms with Gasteiger partial charge >= 0.3 is 0 Å². The van der Waals surface area contributed by atoms with Gasteiger partial charge in [-0.2, -0.15) is 0 Å². The molecule has 1 aromatic heterocycles. The fourth-order valence-electron chi connectivity index (χ4n) is 3.06. The van der Waals surface area contributed by atoms with Crippen LogP contribution in [-0.4, -0.2) is 31.2 Å². The Bertz CT molecular complexity index is 936. The summed E-state index contributed by atoms with van der Waals surface area (Å²) in [7, 11) is 3.23. The molecule has 0 aliphatic carbocycles. The maximum Gasteiger partial charge on any atom is 0.221 e. The highest BCUT2D eigenvalue weighted by molar-refractivity contribution is 9.10. The first-order valence-electron chi connectivity index (χ1n) is 8.82. The molecule has 0 saturated heterocycles. The fraction of sp³-hybridized carbons (Fsp3) is 0.286. The van der Waals surface area contributed by atoms with E-state index in [1.54, 1.807) is 14.2 Å². The molecule has 5 nitrogen and oxygen atoms in total. The number of nitrogens with one attached hydrogen (secondary N) is 1. The molecule has 1 heterocycles. The first kappa shape index (κ1) is 19.3. The van der Waals surface area contributed by atoms with Gasteiger partial charge in [0.1, 0.15) is 0 Å². The number of hydrogen-bond acceptors (Lipinski definition) is 3. The zero-order valence-electron chi connectivity index (χ0n) is 15.5. The van der Waals surface area contributed by atoms with E-state index in [1.807, 2.05) is 30.5 Å². The van der Waals surface area contributed by atoms with Crippen LogP contribution in [0.25, 0.3) is 10.9 Å². The summed E-state index contributed by atoms with van der Waals surface area (Å²) in [6.45, 7) is 1.25. The maximum atomic E-state index is 12.2. The van der Waals surface area contributed by atoms with Gasteiger partial charge in [-0.15, -0.1) is 0 Å². The third-order valence-electron chi connectivity index (χ3n) is 4.50. The van der Waals surface area contributed by atoms with Crippen molar-refractivity contribution in [3.63, 3.8) is 0 Å². The second-order valence-electron chi connectivity index (χ2n) is 6.25. The Morgan fingerprint density at radius 3 is 2.67 bits per heavy atom. The predicted octanol–water partition coefficient (Wildman–Crippen LogP) is 4.17. The molecule has 0 aliphatic heterocycles. The van der Waals surface area contributed by atoms with Crippen LogP contribution in [-0.2, 0) is 17.8 Å². The smallest absolute Gasteiger partial charge is 0.221 e. The molecule has 6 heteroatoms. The largest absolute Gasteiger partial charge is 0.493 e. The van der Waals surface area contributed by atoms with Crippen molar-refractivity contribution in [1.29, 1.82) is 0 Å².